The maximum atomic E-state index is 12.3. The molecule has 1 heterocycles. The number of carbonyl (C=O) groups excluding carboxylic acids is 2. The van der Waals surface area contributed by atoms with Crippen molar-refractivity contribution in [1.29, 1.82) is 0 Å². The Morgan fingerprint density at radius 2 is 1.71 bits per heavy atom. The second kappa shape index (κ2) is 13.1. The molecule has 4 rings (SSSR count). The molecule has 1 atom stereocenters. The number of anilines is 1. The third-order valence-corrected chi connectivity index (χ3v) is 7.13. The van der Waals surface area contributed by atoms with Crippen LogP contribution in [0.25, 0.3) is 20.8 Å². The first-order chi connectivity index (χ1) is 18.4. The van der Waals surface area contributed by atoms with Gasteiger partial charge >= 0.3 is 5.97 Å². The average molecular weight is 532 g/mol. The summed E-state index contributed by atoms with van der Waals surface area (Å²) in [5.74, 6) is 0.581. The zero-order valence-corrected chi connectivity index (χ0v) is 22.7. The van der Waals surface area contributed by atoms with E-state index in [0.29, 0.717) is 24.7 Å². The minimum absolute atomic E-state index is 0.0724. The highest BCUT2D eigenvalue weighted by Gasteiger charge is 2.15. The lowest BCUT2D eigenvalue weighted by Gasteiger charge is -2.24. The molecule has 0 saturated heterocycles. The van der Waals surface area contributed by atoms with E-state index >= 15 is 0 Å². The van der Waals surface area contributed by atoms with E-state index in [1.807, 2.05) is 54.6 Å². The highest BCUT2D eigenvalue weighted by atomic mass is 32.1. The number of ether oxygens (including phenoxy) is 2. The summed E-state index contributed by atoms with van der Waals surface area (Å²) in [5, 5.41) is 7.25. The molecular formula is C30H33N3O4S. The molecule has 38 heavy (non-hydrogen) atoms. The fourth-order valence-electron chi connectivity index (χ4n) is 3.82. The van der Waals surface area contributed by atoms with Crippen LogP contribution in [-0.4, -0.2) is 42.7 Å². The molecule has 1 aromatic heterocycles. The summed E-state index contributed by atoms with van der Waals surface area (Å²) in [5.41, 5.74) is 3.52. The normalized spacial score (nSPS) is 11.8. The number of hydrogen-bond donors (Lipinski definition) is 2. The van der Waals surface area contributed by atoms with Crippen LogP contribution in [0.15, 0.2) is 72.8 Å². The molecule has 2 N–H and O–H groups in total. The summed E-state index contributed by atoms with van der Waals surface area (Å²) in [6, 6.07) is 23.6. The molecule has 0 spiro atoms. The van der Waals surface area contributed by atoms with Crippen molar-refractivity contribution in [3.63, 3.8) is 0 Å². The molecule has 0 fully saturated rings. The largest absolute Gasteiger partial charge is 0.491 e. The molecule has 8 heteroatoms. The third-order valence-electron chi connectivity index (χ3n) is 6.05. The smallest absolute Gasteiger partial charge is 0.307 e. The average Bonchev–Trinajstić information content (AvgIpc) is 3.36. The Morgan fingerprint density at radius 1 is 0.974 bits per heavy atom. The quantitative estimate of drug-likeness (QED) is 0.213. The number of rotatable bonds is 12. The van der Waals surface area contributed by atoms with E-state index in [1.165, 1.54) is 4.70 Å². The van der Waals surface area contributed by atoms with Gasteiger partial charge in [0.05, 0.1) is 29.3 Å². The number of nitrogens with one attached hydrogen (secondary N) is 2. The summed E-state index contributed by atoms with van der Waals surface area (Å²) >= 11 is 1.68. The van der Waals surface area contributed by atoms with Crippen LogP contribution in [0.3, 0.4) is 0 Å². The lowest BCUT2D eigenvalue weighted by atomic mass is 10.0. The zero-order valence-electron chi connectivity index (χ0n) is 21.9. The predicted octanol–water partition coefficient (Wildman–Crippen LogP) is 6.16. The zero-order chi connectivity index (χ0) is 26.9. The van der Waals surface area contributed by atoms with Crippen molar-refractivity contribution < 1.29 is 19.1 Å². The number of hydrogen-bond acceptors (Lipinski definition) is 7. The Hall–Kier alpha value is -3.91. The van der Waals surface area contributed by atoms with E-state index in [2.05, 4.69) is 30.5 Å². The molecule has 0 aliphatic heterocycles. The van der Waals surface area contributed by atoms with Gasteiger partial charge in [0.25, 0.3) is 5.91 Å². The topological polar surface area (TPSA) is 89.5 Å². The number of aromatic nitrogens is 1. The Bertz CT molecular complexity index is 1320. The molecule has 0 bridgehead atoms. The second-order valence-corrected chi connectivity index (χ2v) is 10.2. The SMILES string of the molecule is CCOC(=O)CCNC(=O)c1ccc(N[C@@H](COc2ccc(-c3nc4ccccc4s3)cc2)C(C)C)cc1. The van der Waals surface area contributed by atoms with Gasteiger partial charge in [-0.25, -0.2) is 4.98 Å². The minimum atomic E-state index is -0.321. The van der Waals surface area contributed by atoms with Gasteiger partial charge < -0.3 is 20.1 Å². The lowest BCUT2D eigenvalue weighted by Crippen LogP contribution is -2.32. The minimum Gasteiger partial charge on any atom is -0.491 e. The maximum Gasteiger partial charge on any atom is 0.307 e. The predicted molar refractivity (Wildman–Crippen MR) is 153 cm³/mol. The van der Waals surface area contributed by atoms with Gasteiger partial charge in [-0.05, 0) is 73.5 Å². The van der Waals surface area contributed by atoms with Gasteiger partial charge in [0.1, 0.15) is 17.4 Å². The Labute approximate surface area is 227 Å². The molecule has 7 nitrogen and oxygen atoms in total. The molecule has 1 amide bonds. The van der Waals surface area contributed by atoms with E-state index in [4.69, 9.17) is 14.5 Å². The number of carbonyl (C=O) groups is 2. The number of amides is 1. The molecule has 4 aromatic rings. The Balaban J connectivity index is 1.29. The van der Waals surface area contributed by atoms with E-state index in [0.717, 1.165) is 27.5 Å². The van der Waals surface area contributed by atoms with Crippen molar-refractivity contribution in [2.75, 3.05) is 25.1 Å². The summed E-state index contributed by atoms with van der Waals surface area (Å²) < 4.78 is 12.2. The van der Waals surface area contributed by atoms with Crippen molar-refractivity contribution in [3.05, 3.63) is 78.4 Å². The van der Waals surface area contributed by atoms with Crippen LogP contribution in [0.5, 0.6) is 5.75 Å². The molecule has 3 aromatic carbocycles. The third kappa shape index (κ3) is 7.32. The van der Waals surface area contributed by atoms with Crippen LogP contribution in [0.1, 0.15) is 37.6 Å². The van der Waals surface area contributed by atoms with Crippen molar-refractivity contribution in [2.24, 2.45) is 5.92 Å². The molecule has 0 aliphatic carbocycles. The highest BCUT2D eigenvalue weighted by Crippen LogP contribution is 2.31. The first-order valence-corrected chi connectivity index (χ1v) is 13.6. The van der Waals surface area contributed by atoms with Gasteiger partial charge in [0.15, 0.2) is 0 Å². The Kier molecular flexibility index (Phi) is 9.32. The van der Waals surface area contributed by atoms with Gasteiger partial charge in [-0.1, -0.05) is 26.0 Å². The molecular weight excluding hydrogens is 498 g/mol. The fourth-order valence-corrected chi connectivity index (χ4v) is 4.79. The van der Waals surface area contributed by atoms with E-state index in [9.17, 15) is 9.59 Å². The van der Waals surface area contributed by atoms with Crippen LogP contribution in [0, 0.1) is 5.92 Å². The monoisotopic (exact) mass is 531 g/mol. The number of esters is 1. The van der Waals surface area contributed by atoms with Gasteiger partial charge in [0.2, 0.25) is 0 Å². The van der Waals surface area contributed by atoms with Gasteiger partial charge in [0, 0.05) is 23.4 Å². The van der Waals surface area contributed by atoms with Crippen LogP contribution in [0.2, 0.25) is 0 Å². The first-order valence-electron chi connectivity index (χ1n) is 12.8. The molecule has 0 aliphatic rings. The number of fused-ring (bicyclic) bond motifs is 1. The first kappa shape index (κ1) is 27.1. The van der Waals surface area contributed by atoms with Crippen LogP contribution in [-0.2, 0) is 9.53 Å². The van der Waals surface area contributed by atoms with Crippen molar-refractivity contribution in [3.8, 4) is 16.3 Å². The molecule has 198 valence electrons. The van der Waals surface area contributed by atoms with Crippen molar-refractivity contribution >= 4 is 39.1 Å². The van der Waals surface area contributed by atoms with Gasteiger partial charge in [-0.15, -0.1) is 11.3 Å². The highest BCUT2D eigenvalue weighted by molar-refractivity contribution is 7.21. The summed E-state index contributed by atoms with van der Waals surface area (Å²) in [7, 11) is 0. The Morgan fingerprint density at radius 3 is 2.39 bits per heavy atom. The number of nitrogens with zero attached hydrogens (tertiary/aromatic N) is 1. The van der Waals surface area contributed by atoms with E-state index in [1.54, 1.807) is 30.4 Å². The van der Waals surface area contributed by atoms with Crippen LogP contribution < -0.4 is 15.4 Å². The maximum absolute atomic E-state index is 12.3. The summed E-state index contributed by atoms with van der Waals surface area (Å²) in [6.07, 6.45) is 0.153. The van der Waals surface area contributed by atoms with Crippen molar-refractivity contribution in [2.45, 2.75) is 33.2 Å². The standard InChI is InChI=1S/C30H33N3O4S/c1-4-36-28(34)17-18-31-29(35)21-9-13-23(14-10-21)32-26(20(2)3)19-37-24-15-11-22(12-16-24)30-33-25-7-5-6-8-27(25)38-30/h5-16,20,26,32H,4,17-19H2,1-3H3,(H,31,35)/t26-/m0/s1. The van der Waals surface area contributed by atoms with Gasteiger partial charge in [-0.3, -0.25) is 9.59 Å². The number of benzene rings is 3. The van der Waals surface area contributed by atoms with Crippen LogP contribution >= 0.6 is 11.3 Å². The number of thiazole rings is 1. The van der Waals surface area contributed by atoms with Crippen LogP contribution in [0.4, 0.5) is 5.69 Å². The summed E-state index contributed by atoms with van der Waals surface area (Å²) in [6.45, 7) is 7.11. The number of para-hydroxylation sites is 1. The molecule has 0 radical (unpaired) electrons. The fraction of sp³-hybridized carbons (Fsp3) is 0.300. The van der Waals surface area contributed by atoms with E-state index in [-0.39, 0.29) is 30.9 Å². The van der Waals surface area contributed by atoms with Gasteiger partial charge in [-0.2, -0.15) is 0 Å². The lowest BCUT2D eigenvalue weighted by molar-refractivity contribution is -0.142. The summed E-state index contributed by atoms with van der Waals surface area (Å²) in [4.78, 5) is 28.5. The van der Waals surface area contributed by atoms with Crippen molar-refractivity contribution in [1.82, 2.24) is 10.3 Å². The molecule has 0 saturated carbocycles. The molecule has 0 unspecified atom stereocenters. The van der Waals surface area contributed by atoms with E-state index < -0.39 is 0 Å². The second-order valence-electron chi connectivity index (χ2n) is 9.21.